The van der Waals surface area contributed by atoms with Gasteiger partial charge in [-0.05, 0) is 25.0 Å². The highest BCUT2D eigenvalue weighted by atomic mass is 16.4. The van der Waals surface area contributed by atoms with Gasteiger partial charge in [-0.15, -0.1) is 0 Å². The number of unbranched alkanes of at least 4 members (excludes halogenated alkanes) is 1. The summed E-state index contributed by atoms with van der Waals surface area (Å²) in [7, 11) is 0. The molecule has 1 atom stereocenters. The minimum Gasteiger partial charge on any atom is -0.480 e. The molecular formula is C18H27N3O2. The Kier molecular flexibility index (Phi) is 6.74. The van der Waals surface area contributed by atoms with Crippen molar-refractivity contribution in [3.63, 3.8) is 0 Å². The van der Waals surface area contributed by atoms with Gasteiger partial charge in [-0.2, -0.15) is 0 Å². The molecule has 5 heteroatoms. The number of aryl methyl sites for hydroxylation is 1. The molecule has 1 fully saturated rings. The minimum absolute atomic E-state index is 0.500. The smallest absolute Gasteiger partial charge is 0.324 e. The Bertz CT molecular complexity index is 537. The Morgan fingerprint density at radius 3 is 2.74 bits per heavy atom. The molecule has 0 aromatic carbocycles. The van der Waals surface area contributed by atoms with E-state index in [1.54, 1.807) is 0 Å². The van der Waals surface area contributed by atoms with Crippen LogP contribution in [0.3, 0.4) is 0 Å². The maximum atomic E-state index is 11.5. The molecule has 1 aliphatic heterocycles. The second-order valence-corrected chi connectivity index (χ2v) is 6.08. The van der Waals surface area contributed by atoms with Gasteiger partial charge in [0.05, 0.1) is 5.69 Å². The van der Waals surface area contributed by atoms with Crippen LogP contribution in [0.5, 0.6) is 0 Å². The molecule has 0 aliphatic carbocycles. The number of carboxylic acid groups (broad SMARTS) is 1. The van der Waals surface area contributed by atoms with Crippen molar-refractivity contribution >= 4 is 5.97 Å². The summed E-state index contributed by atoms with van der Waals surface area (Å²) in [5.74, 6) is -0.758. The van der Waals surface area contributed by atoms with E-state index in [-0.39, 0.29) is 0 Å². The number of aliphatic carboxylic acids is 1. The van der Waals surface area contributed by atoms with E-state index < -0.39 is 12.0 Å². The Morgan fingerprint density at radius 1 is 1.39 bits per heavy atom. The second-order valence-electron chi connectivity index (χ2n) is 6.08. The topological polar surface area (TPSA) is 56.7 Å². The first-order chi connectivity index (χ1) is 11.1. The molecule has 1 aliphatic rings. The van der Waals surface area contributed by atoms with Gasteiger partial charge in [0.1, 0.15) is 6.04 Å². The van der Waals surface area contributed by atoms with E-state index in [2.05, 4.69) is 34.7 Å². The zero-order valence-corrected chi connectivity index (χ0v) is 14.1. The average molecular weight is 317 g/mol. The van der Waals surface area contributed by atoms with Gasteiger partial charge < -0.3 is 5.11 Å². The molecule has 1 saturated heterocycles. The van der Waals surface area contributed by atoms with Gasteiger partial charge in [0, 0.05) is 38.9 Å². The van der Waals surface area contributed by atoms with Crippen molar-refractivity contribution in [3.8, 4) is 0 Å². The van der Waals surface area contributed by atoms with E-state index in [0.717, 1.165) is 51.3 Å². The fraction of sp³-hybridized carbons (Fsp3) is 0.556. The largest absolute Gasteiger partial charge is 0.480 e. The van der Waals surface area contributed by atoms with E-state index >= 15 is 0 Å². The van der Waals surface area contributed by atoms with Gasteiger partial charge >= 0.3 is 5.97 Å². The first kappa shape index (κ1) is 17.6. The highest BCUT2D eigenvalue weighted by Gasteiger charge is 2.26. The van der Waals surface area contributed by atoms with Crippen LogP contribution in [-0.2, 0) is 11.3 Å². The molecule has 0 spiro atoms. The van der Waals surface area contributed by atoms with E-state index in [1.807, 2.05) is 24.4 Å². The molecule has 23 heavy (non-hydrogen) atoms. The SMILES string of the molecule is CCC/C=C/[C@H](C(=O)O)N1CCN(Cc2ncccc2C)CC1. The predicted molar refractivity (Wildman–Crippen MR) is 91.3 cm³/mol. The van der Waals surface area contributed by atoms with Gasteiger partial charge in [0.15, 0.2) is 0 Å². The highest BCUT2D eigenvalue weighted by molar-refractivity contribution is 5.75. The third-order valence-electron chi connectivity index (χ3n) is 4.32. The Labute approximate surface area is 138 Å². The standard InChI is InChI=1S/C18H27N3O2/c1-3-4-5-8-17(18(22)23)21-12-10-20(11-13-21)14-16-15(2)7-6-9-19-16/h5-9,17H,3-4,10-14H2,1-2H3,(H,22,23)/b8-5+/t17-/m1/s1. The van der Waals surface area contributed by atoms with Crippen molar-refractivity contribution in [2.45, 2.75) is 39.3 Å². The van der Waals surface area contributed by atoms with E-state index in [4.69, 9.17) is 0 Å². The lowest BCUT2D eigenvalue weighted by Crippen LogP contribution is -2.51. The van der Waals surface area contributed by atoms with Crippen LogP contribution in [0.25, 0.3) is 0 Å². The molecule has 0 amide bonds. The number of pyridine rings is 1. The number of hydrogen-bond donors (Lipinski definition) is 1. The van der Waals surface area contributed by atoms with Crippen LogP contribution in [0.1, 0.15) is 31.0 Å². The minimum atomic E-state index is -0.758. The third-order valence-corrected chi connectivity index (χ3v) is 4.32. The Hall–Kier alpha value is -1.72. The van der Waals surface area contributed by atoms with Crippen LogP contribution < -0.4 is 0 Å². The lowest BCUT2D eigenvalue weighted by molar-refractivity contribution is -0.142. The van der Waals surface area contributed by atoms with Crippen LogP contribution in [0.4, 0.5) is 0 Å². The zero-order valence-electron chi connectivity index (χ0n) is 14.1. The quantitative estimate of drug-likeness (QED) is 0.782. The normalized spacial score (nSPS) is 18.3. The molecule has 0 bridgehead atoms. The van der Waals surface area contributed by atoms with Crippen LogP contribution in [0.15, 0.2) is 30.5 Å². The summed E-state index contributed by atoms with van der Waals surface area (Å²) in [5, 5.41) is 9.45. The number of nitrogens with zero attached hydrogens (tertiary/aromatic N) is 3. The number of carbonyl (C=O) groups is 1. The number of aromatic nitrogens is 1. The molecular weight excluding hydrogens is 290 g/mol. The number of allylic oxidation sites excluding steroid dienone is 1. The molecule has 1 N–H and O–H groups in total. The Balaban J connectivity index is 1.89. The summed E-state index contributed by atoms with van der Waals surface area (Å²) in [6, 6.07) is 3.54. The molecule has 5 nitrogen and oxygen atoms in total. The lowest BCUT2D eigenvalue weighted by atomic mass is 10.1. The first-order valence-corrected chi connectivity index (χ1v) is 8.38. The summed E-state index contributed by atoms with van der Waals surface area (Å²) in [4.78, 5) is 20.3. The molecule has 0 unspecified atom stereocenters. The number of piperazine rings is 1. The van der Waals surface area contributed by atoms with Gasteiger partial charge in [-0.1, -0.05) is 31.6 Å². The van der Waals surface area contributed by atoms with E-state index in [1.165, 1.54) is 5.56 Å². The number of hydrogen-bond acceptors (Lipinski definition) is 4. The predicted octanol–water partition coefficient (Wildman–Crippen LogP) is 2.32. The van der Waals surface area contributed by atoms with Crippen molar-refractivity contribution in [1.29, 1.82) is 0 Å². The van der Waals surface area contributed by atoms with Gasteiger partial charge in [-0.25, -0.2) is 0 Å². The first-order valence-electron chi connectivity index (χ1n) is 8.38. The summed E-state index contributed by atoms with van der Waals surface area (Å²) in [6.45, 7) is 8.32. The lowest BCUT2D eigenvalue weighted by Gasteiger charge is -2.36. The number of carboxylic acids is 1. The van der Waals surface area contributed by atoms with Crippen molar-refractivity contribution in [2.75, 3.05) is 26.2 Å². The van der Waals surface area contributed by atoms with Gasteiger partial charge in [0.2, 0.25) is 0 Å². The fourth-order valence-electron chi connectivity index (χ4n) is 2.85. The highest BCUT2D eigenvalue weighted by Crippen LogP contribution is 2.13. The molecule has 2 rings (SSSR count). The molecule has 1 aromatic heterocycles. The van der Waals surface area contributed by atoms with Crippen molar-refractivity contribution in [2.24, 2.45) is 0 Å². The van der Waals surface area contributed by atoms with E-state index in [9.17, 15) is 9.90 Å². The Morgan fingerprint density at radius 2 is 2.13 bits per heavy atom. The summed E-state index contributed by atoms with van der Waals surface area (Å²) in [5.41, 5.74) is 2.32. The summed E-state index contributed by atoms with van der Waals surface area (Å²) < 4.78 is 0. The van der Waals surface area contributed by atoms with Crippen molar-refractivity contribution in [3.05, 3.63) is 41.7 Å². The van der Waals surface area contributed by atoms with Crippen LogP contribution >= 0.6 is 0 Å². The molecule has 126 valence electrons. The van der Waals surface area contributed by atoms with E-state index in [0.29, 0.717) is 0 Å². The van der Waals surface area contributed by atoms with Gasteiger partial charge in [0.25, 0.3) is 0 Å². The second kappa shape index (κ2) is 8.79. The molecule has 0 radical (unpaired) electrons. The summed E-state index contributed by atoms with van der Waals surface area (Å²) >= 11 is 0. The third kappa shape index (κ3) is 5.15. The maximum Gasteiger partial charge on any atom is 0.324 e. The van der Waals surface area contributed by atoms with Crippen molar-refractivity contribution < 1.29 is 9.90 Å². The van der Waals surface area contributed by atoms with Crippen molar-refractivity contribution in [1.82, 2.24) is 14.8 Å². The molecule has 2 heterocycles. The van der Waals surface area contributed by atoms with Gasteiger partial charge in [-0.3, -0.25) is 19.6 Å². The monoisotopic (exact) mass is 317 g/mol. The summed E-state index contributed by atoms with van der Waals surface area (Å²) in [6.07, 6.45) is 7.63. The molecule has 0 saturated carbocycles. The average Bonchev–Trinajstić information content (AvgIpc) is 2.54. The fourth-order valence-corrected chi connectivity index (χ4v) is 2.85. The maximum absolute atomic E-state index is 11.5. The molecule has 1 aromatic rings. The number of rotatable bonds is 7. The van der Waals surface area contributed by atoms with Crippen LogP contribution in [-0.4, -0.2) is 58.1 Å². The van der Waals surface area contributed by atoms with Crippen LogP contribution in [0.2, 0.25) is 0 Å². The zero-order chi connectivity index (χ0) is 16.7. The van der Waals surface area contributed by atoms with Crippen LogP contribution in [0, 0.1) is 6.92 Å².